The Morgan fingerprint density at radius 1 is 1.00 bits per heavy atom. The van der Waals surface area contributed by atoms with Crippen LogP contribution in [0.5, 0.6) is 0 Å². The van der Waals surface area contributed by atoms with E-state index >= 15 is 0 Å². The van der Waals surface area contributed by atoms with E-state index in [-0.39, 0.29) is 5.91 Å². The molecule has 2 aromatic rings. The molecule has 4 heteroatoms. The number of benzene rings is 2. The topological polar surface area (TPSA) is 29.5 Å². The van der Waals surface area contributed by atoms with Gasteiger partial charge in [-0.1, -0.05) is 52.3 Å². The largest absolute Gasteiger partial charge is 0.378 e. The Kier molecular flexibility index (Phi) is 4.25. The van der Waals surface area contributed by atoms with Crippen LogP contribution >= 0.6 is 15.9 Å². The minimum atomic E-state index is 0.145. The van der Waals surface area contributed by atoms with Crippen LogP contribution in [0.2, 0.25) is 0 Å². The van der Waals surface area contributed by atoms with Crippen molar-refractivity contribution < 1.29 is 9.53 Å². The van der Waals surface area contributed by atoms with Crippen molar-refractivity contribution in [3.63, 3.8) is 0 Å². The Morgan fingerprint density at radius 3 is 2.63 bits per heavy atom. The molecule has 0 spiro atoms. The summed E-state index contributed by atoms with van der Waals surface area (Å²) in [4.78, 5) is 15.4. The lowest BCUT2D eigenvalue weighted by molar-refractivity contribution is -0.128. The highest BCUT2D eigenvalue weighted by molar-refractivity contribution is 9.10. The lowest BCUT2D eigenvalue weighted by Gasteiger charge is -2.28. The SMILES string of the molecule is O=C(C1=C(C2=Cc3ccccc3C2)Cc2cc(Br)ccc21)N1CCOCC1. The van der Waals surface area contributed by atoms with Crippen molar-refractivity contribution in [2.24, 2.45) is 0 Å². The van der Waals surface area contributed by atoms with E-state index in [1.54, 1.807) is 0 Å². The zero-order chi connectivity index (χ0) is 18.4. The Balaban J connectivity index is 1.59. The molecule has 0 radical (unpaired) electrons. The number of allylic oxidation sites excluding steroid dienone is 2. The van der Waals surface area contributed by atoms with E-state index in [9.17, 15) is 4.79 Å². The Bertz CT molecular complexity index is 999. The number of ether oxygens (including phenoxy) is 1. The summed E-state index contributed by atoms with van der Waals surface area (Å²) in [5.74, 6) is 0.145. The number of hydrogen-bond acceptors (Lipinski definition) is 2. The van der Waals surface area contributed by atoms with E-state index in [1.807, 2.05) is 11.0 Å². The second kappa shape index (κ2) is 6.77. The number of carbonyl (C=O) groups is 1. The zero-order valence-corrected chi connectivity index (χ0v) is 16.6. The number of amides is 1. The van der Waals surface area contributed by atoms with E-state index in [0.29, 0.717) is 26.3 Å². The first-order valence-corrected chi connectivity index (χ1v) is 10.2. The third kappa shape index (κ3) is 2.97. The highest BCUT2D eigenvalue weighted by atomic mass is 79.9. The molecule has 0 bridgehead atoms. The van der Waals surface area contributed by atoms with Crippen LogP contribution in [0.1, 0.15) is 22.3 Å². The fourth-order valence-electron chi connectivity index (χ4n) is 4.31. The molecular formula is C23H20BrNO2. The number of morpholine rings is 1. The second-order valence-electron chi connectivity index (χ2n) is 7.28. The Labute approximate surface area is 167 Å². The van der Waals surface area contributed by atoms with Crippen molar-refractivity contribution in [1.29, 1.82) is 0 Å². The molecule has 1 amide bonds. The maximum Gasteiger partial charge on any atom is 0.254 e. The van der Waals surface area contributed by atoms with Crippen LogP contribution in [0, 0.1) is 0 Å². The summed E-state index contributed by atoms with van der Waals surface area (Å²) in [7, 11) is 0. The molecule has 1 fully saturated rings. The van der Waals surface area contributed by atoms with Crippen LogP contribution < -0.4 is 0 Å². The van der Waals surface area contributed by atoms with E-state index in [1.165, 1.54) is 27.8 Å². The summed E-state index contributed by atoms with van der Waals surface area (Å²) in [6.07, 6.45) is 3.98. The minimum absolute atomic E-state index is 0.145. The van der Waals surface area contributed by atoms with E-state index in [0.717, 1.165) is 28.5 Å². The van der Waals surface area contributed by atoms with Gasteiger partial charge in [0.25, 0.3) is 5.91 Å². The molecule has 1 aliphatic heterocycles. The average molecular weight is 422 g/mol. The number of halogens is 1. The van der Waals surface area contributed by atoms with Gasteiger partial charge in [0.1, 0.15) is 0 Å². The van der Waals surface area contributed by atoms with Crippen LogP contribution in [-0.4, -0.2) is 37.1 Å². The van der Waals surface area contributed by atoms with Gasteiger partial charge in [0.05, 0.1) is 18.8 Å². The van der Waals surface area contributed by atoms with Crippen LogP contribution in [0.3, 0.4) is 0 Å². The van der Waals surface area contributed by atoms with Gasteiger partial charge < -0.3 is 9.64 Å². The van der Waals surface area contributed by atoms with Crippen LogP contribution in [0.25, 0.3) is 11.6 Å². The number of carbonyl (C=O) groups excluding carboxylic acids is 1. The molecule has 0 unspecified atom stereocenters. The van der Waals surface area contributed by atoms with Crippen molar-refractivity contribution in [3.05, 3.63) is 80.3 Å². The van der Waals surface area contributed by atoms with Gasteiger partial charge in [-0.2, -0.15) is 0 Å². The van der Waals surface area contributed by atoms with Crippen molar-refractivity contribution in [2.45, 2.75) is 12.8 Å². The molecule has 2 aromatic carbocycles. The molecule has 3 nitrogen and oxygen atoms in total. The van der Waals surface area contributed by atoms with Gasteiger partial charge in [-0.15, -0.1) is 0 Å². The van der Waals surface area contributed by atoms with Gasteiger partial charge >= 0.3 is 0 Å². The third-order valence-electron chi connectivity index (χ3n) is 5.67. The maximum absolute atomic E-state index is 13.5. The van der Waals surface area contributed by atoms with Crippen molar-refractivity contribution in [2.75, 3.05) is 26.3 Å². The molecule has 0 aromatic heterocycles. The molecule has 0 N–H and O–H groups in total. The lowest BCUT2D eigenvalue weighted by atomic mass is 9.97. The summed E-state index contributed by atoms with van der Waals surface area (Å²) in [6, 6.07) is 14.8. The molecule has 136 valence electrons. The summed E-state index contributed by atoms with van der Waals surface area (Å²) >= 11 is 3.58. The smallest absolute Gasteiger partial charge is 0.254 e. The fraction of sp³-hybridized carbons (Fsp3) is 0.261. The predicted molar refractivity (Wildman–Crippen MR) is 110 cm³/mol. The van der Waals surface area contributed by atoms with Gasteiger partial charge in [-0.25, -0.2) is 0 Å². The number of nitrogens with zero attached hydrogens (tertiary/aromatic N) is 1. The zero-order valence-electron chi connectivity index (χ0n) is 15.0. The standard InChI is InChI=1S/C23H20BrNO2/c24-19-5-6-20-18(13-19)14-21(17-11-15-3-1-2-4-16(15)12-17)22(20)23(26)25-7-9-27-10-8-25/h1-6,11,13H,7-10,12,14H2. The van der Waals surface area contributed by atoms with E-state index in [2.05, 4.69) is 58.4 Å². The monoisotopic (exact) mass is 421 g/mol. The number of rotatable bonds is 2. The Hall–Kier alpha value is -2.17. The van der Waals surface area contributed by atoms with Gasteiger partial charge in [0, 0.05) is 17.6 Å². The van der Waals surface area contributed by atoms with Gasteiger partial charge in [0.2, 0.25) is 0 Å². The van der Waals surface area contributed by atoms with Crippen molar-refractivity contribution in [1.82, 2.24) is 4.90 Å². The summed E-state index contributed by atoms with van der Waals surface area (Å²) < 4.78 is 6.50. The van der Waals surface area contributed by atoms with Crippen molar-refractivity contribution >= 4 is 33.5 Å². The molecule has 5 rings (SSSR count). The first kappa shape index (κ1) is 17.0. The lowest BCUT2D eigenvalue weighted by Crippen LogP contribution is -2.41. The second-order valence-corrected chi connectivity index (χ2v) is 8.20. The summed E-state index contributed by atoms with van der Waals surface area (Å²) in [5.41, 5.74) is 8.29. The van der Waals surface area contributed by atoms with Gasteiger partial charge in [0.15, 0.2) is 0 Å². The molecule has 27 heavy (non-hydrogen) atoms. The van der Waals surface area contributed by atoms with Gasteiger partial charge in [-0.05, 0) is 58.4 Å². The molecule has 3 aliphatic rings. The van der Waals surface area contributed by atoms with Crippen LogP contribution in [-0.2, 0) is 22.4 Å². The number of hydrogen-bond donors (Lipinski definition) is 0. The minimum Gasteiger partial charge on any atom is -0.378 e. The Morgan fingerprint density at radius 2 is 1.81 bits per heavy atom. The first-order chi connectivity index (χ1) is 13.2. The van der Waals surface area contributed by atoms with Crippen LogP contribution in [0.4, 0.5) is 0 Å². The van der Waals surface area contributed by atoms with E-state index in [4.69, 9.17) is 4.74 Å². The van der Waals surface area contributed by atoms with Crippen LogP contribution in [0.15, 0.2) is 58.1 Å². The number of fused-ring (bicyclic) bond motifs is 2. The highest BCUT2D eigenvalue weighted by Gasteiger charge is 2.33. The molecule has 0 atom stereocenters. The third-order valence-corrected chi connectivity index (χ3v) is 6.16. The molecule has 0 saturated carbocycles. The quantitative estimate of drug-likeness (QED) is 0.724. The molecule has 1 saturated heterocycles. The molecular weight excluding hydrogens is 402 g/mol. The first-order valence-electron chi connectivity index (χ1n) is 9.38. The predicted octanol–water partition coefficient (Wildman–Crippen LogP) is 4.26. The van der Waals surface area contributed by atoms with E-state index < -0.39 is 0 Å². The molecule has 2 aliphatic carbocycles. The summed E-state index contributed by atoms with van der Waals surface area (Å²) in [5, 5.41) is 0. The average Bonchev–Trinajstić information content (AvgIpc) is 3.28. The highest BCUT2D eigenvalue weighted by Crippen LogP contribution is 2.42. The normalized spacial score (nSPS) is 18.4. The van der Waals surface area contributed by atoms with Crippen molar-refractivity contribution in [3.8, 4) is 0 Å². The van der Waals surface area contributed by atoms with Gasteiger partial charge in [-0.3, -0.25) is 4.79 Å². The summed E-state index contributed by atoms with van der Waals surface area (Å²) in [6.45, 7) is 2.58. The fourth-order valence-corrected chi connectivity index (χ4v) is 4.72. The maximum atomic E-state index is 13.5. The molecule has 1 heterocycles.